The van der Waals surface area contributed by atoms with Gasteiger partial charge in [0.2, 0.25) is 0 Å². The second kappa shape index (κ2) is 6.51. The number of anilines is 2. The Kier molecular flexibility index (Phi) is 4.62. The van der Waals surface area contributed by atoms with Gasteiger partial charge in [0.25, 0.3) is 0 Å². The number of rotatable bonds is 3. The molecule has 2 aromatic rings. The number of nitrogens with one attached hydrogen (secondary N) is 1. The zero-order valence-electron chi connectivity index (χ0n) is 12.8. The van der Waals surface area contributed by atoms with Crippen molar-refractivity contribution in [2.75, 3.05) is 30.4 Å². The summed E-state index contributed by atoms with van der Waals surface area (Å²) in [5.41, 5.74) is 0.582. The average molecular weight is 353 g/mol. The third-order valence-corrected chi connectivity index (χ3v) is 4.91. The summed E-state index contributed by atoms with van der Waals surface area (Å²) in [6.07, 6.45) is 2.59. The molecule has 0 unspecified atom stereocenters. The molecular formula is C16H18Cl2N4O. The minimum atomic E-state index is -0.911. The van der Waals surface area contributed by atoms with Gasteiger partial charge in [-0.05, 0) is 18.9 Å². The van der Waals surface area contributed by atoms with Gasteiger partial charge in [0, 0.05) is 30.7 Å². The van der Waals surface area contributed by atoms with Crippen molar-refractivity contribution in [3.05, 3.63) is 46.3 Å². The lowest BCUT2D eigenvalue weighted by molar-refractivity contribution is 0.0118. The molecule has 1 aliphatic rings. The molecule has 2 heterocycles. The lowest BCUT2D eigenvalue weighted by Crippen LogP contribution is -2.43. The quantitative estimate of drug-likeness (QED) is 0.829. The first kappa shape index (κ1) is 16.3. The van der Waals surface area contributed by atoms with Crippen LogP contribution in [0.5, 0.6) is 0 Å². The van der Waals surface area contributed by atoms with E-state index in [-0.39, 0.29) is 0 Å². The molecule has 5 nitrogen and oxygen atoms in total. The summed E-state index contributed by atoms with van der Waals surface area (Å²) in [6, 6.07) is 7.46. The first-order valence-corrected chi connectivity index (χ1v) is 8.21. The topological polar surface area (TPSA) is 61.3 Å². The third kappa shape index (κ3) is 3.09. The maximum Gasteiger partial charge on any atom is 0.157 e. The van der Waals surface area contributed by atoms with Crippen molar-refractivity contribution in [2.45, 2.75) is 18.4 Å². The smallest absolute Gasteiger partial charge is 0.157 e. The summed E-state index contributed by atoms with van der Waals surface area (Å²) in [5.74, 6) is 0.758. The highest BCUT2D eigenvalue weighted by Gasteiger charge is 2.36. The summed E-state index contributed by atoms with van der Waals surface area (Å²) >= 11 is 12.4. The maximum absolute atomic E-state index is 11.0. The fraction of sp³-hybridized carbons (Fsp3) is 0.375. The van der Waals surface area contributed by atoms with Gasteiger partial charge in [0.1, 0.15) is 12.0 Å². The van der Waals surface area contributed by atoms with E-state index in [4.69, 9.17) is 23.2 Å². The molecule has 0 radical (unpaired) electrons. The summed E-state index contributed by atoms with van der Waals surface area (Å²) in [4.78, 5) is 10.4. The van der Waals surface area contributed by atoms with Gasteiger partial charge in [-0.2, -0.15) is 0 Å². The zero-order chi connectivity index (χ0) is 16.4. The van der Waals surface area contributed by atoms with E-state index >= 15 is 0 Å². The molecule has 0 amide bonds. The Hall–Kier alpha value is -1.56. The van der Waals surface area contributed by atoms with E-state index in [1.165, 1.54) is 6.33 Å². The molecule has 0 aliphatic carbocycles. The van der Waals surface area contributed by atoms with Crippen LogP contribution in [0.2, 0.25) is 10.2 Å². The van der Waals surface area contributed by atoms with Gasteiger partial charge in [0.05, 0.1) is 5.60 Å². The van der Waals surface area contributed by atoms with Crippen molar-refractivity contribution < 1.29 is 5.11 Å². The van der Waals surface area contributed by atoms with Gasteiger partial charge < -0.3 is 15.3 Å². The van der Waals surface area contributed by atoms with Gasteiger partial charge >= 0.3 is 0 Å². The molecule has 7 heteroatoms. The molecule has 1 aromatic carbocycles. The highest BCUT2D eigenvalue weighted by molar-refractivity contribution is 6.32. The van der Waals surface area contributed by atoms with Crippen LogP contribution < -0.4 is 10.2 Å². The van der Waals surface area contributed by atoms with Crippen molar-refractivity contribution in [1.82, 2.24) is 9.97 Å². The standard InChI is InChI=1S/C16H18Cl2N4O/c1-19-13-14(18)20-10-21-15(13)22-8-6-16(23,7-9-22)11-4-2-3-5-12(11)17/h2-5,10,19,23H,6-9H2,1H3. The molecular weight excluding hydrogens is 335 g/mol. The Labute approximate surface area is 145 Å². The first-order chi connectivity index (χ1) is 11.0. The normalized spacial score (nSPS) is 17.1. The number of aliphatic hydroxyl groups is 1. The molecule has 0 saturated carbocycles. The summed E-state index contributed by atoms with van der Waals surface area (Å²) in [5, 5.41) is 15.0. The van der Waals surface area contributed by atoms with E-state index in [9.17, 15) is 5.11 Å². The SMILES string of the molecule is CNc1c(Cl)ncnc1N1CCC(O)(c2ccccc2Cl)CC1. The molecule has 0 bridgehead atoms. The third-order valence-electron chi connectivity index (χ3n) is 4.30. The van der Waals surface area contributed by atoms with Crippen molar-refractivity contribution in [2.24, 2.45) is 0 Å². The second-order valence-corrected chi connectivity index (χ2v) is 6.38. The van der Waals surface area contributed by atoms with E-state index in [0.717, 1.165) is 11.4 Å². The Morgan fingerprint density at radius 1 is 1.17 bits per heavy atom. The number of piperidine rings is 1. The maximum atomic E-state index is 11.0. The van der Waals surface area contributed by atoms with Crippen LogP contribution in [0.3, 0.4) is 0 Å². The largest absolute Gasteiger partial charge is 0.385 e. The number of benzene rings is 1. The molecule has 0 spiro atoms. The van der Waals surface area contributed by atoms with Crippen molar-refractivity contribution in [3.8, 4) is 0 Å². The van der Waals surface area contributed by atoms with Crippen LogP contribution in [-0.4, -0.2) is 35.2 Å². The monoisotopic (exact) mass is 352 g/mol. The molecule has 3 rings (SSSR count). The highest BCUT2D eigenvalue weighted by atomic mass is 35.5. The van der Waals surface area contributed by atoms with Gasteiger partial charge in [-0.3, -0.25) is 0 Å². The Bertz CT molecular complexity index is 702. The Morgan fingerprint density at radius 2 is 1.87 bits per heavy atom. The van der Waals surface area contributed by atoms with Crippen LogP contribution >= 0.6 is 23.2 Å². The molecule has 2 N–H and O–H groups in total. The zero-order valence-corrected chi connectivity index (χ0v) is 14.3. The Balaban J connectivity index is 1.82. The van der Waals surface area contributed by atoms with Gasteiger partial charge in [-0.1, -0.05) is 41.4 Å². The molecule has 0 atom stereocenters. The summed E-state index contributed by atoms with van der Waals surface area (Å²) in [7, 11) is 1.79. The van der Waals surface area contributed by atoms with Crippen LogP contribution in [0.4, 0.5) is 11.5 Å². The van der Waals surface area contributed by atoms with Crippen LogP contribution in [0.25, 0.3) is 0 Å². The lowest BCUT2D eigenvalue weighted by Gasteiger charge is -2.39. The molecule has 23 heavy (non-hydrogen) atoms. The molecule has 1 aliphatic heterocycles. The number of halogens is 2. The molecule has 122 valence electrons. The summed E-state index contributed by atoms with van der Waals surface area (Å²) < 4.78 is 0. The van der Waals surface area contributed by atoms with Crippen LogP contribution in [0.15, 0.2) is 30.6 Å². The van der Waals surface area contributed by atoms with Crippen molar-refractivity contribution in [3.63, 3.8) is 0 Å². The Morgan fingerprint density at radius 3 is 2.52 bits per heavy atom. The predicted octanol–water partition coefficient (Wildman–Crippen LogP) is 3.31. The van der Waals surface area contributed by atoms with Crippen LogP contribution in [0, 0.1) is 0 Å². The van der Waals surface area contributed by atoms with E-state index in [2.05, 4.69) is 20.2 Å². The number of nitrogens with zero attached hydrogens (tertiary/aromatic N) is 3. The fourth-order valence-corrected chi connectivity index (χ4v) is 3.54. The van der Waals surface area contributed by atoms with Gasteiger partial charge in [0.15, 0.2) is 11.0 Å². The number of hydrogen-bond acceptors (Lipinski definition) is 5. The van der Waals surface area contributed by atoms with Crippen molar-refractivity contribution >= 4 is 34.7 Å². The van der Waals surface area contributed by atoms with E-state index in [1.807, 2.05) is 24.3 Å². The van der Waals surface area contributed by atoms with E-state index < -0.39 is 5.60 Å². The molecule has 1 saturated heterocycles. The predicted molar refractivity (Wildman–Crippen MR) is 93.4 cm³/mol. The minimum Gasteiger partial charge on any atom is -0.385 e. The molecule has 1 aromatic heterocycles. The van der Waals surface area contributed by atoms with E-state index in [1.54, 1.807) is 7.05 Å². The van der Waals surface area contributed by atoms with E-state index in [0.29, 0.717) is 41.8 Å². The average Bonchev–Trinajstić information content (AvgIpc) is 2.55. The second-order valence-electron chi connectivity index (χ2n) is 5.61. The lowest BCUT2D eigenvalue weighted by atomic mass is 9.84. The summed E-state index contributed by atoms with van der Waals surface area (Å²) in [6.45, 7) is 1.31. The van der Waals surface area contributed by atoms with Crippen molar-refractivity contribution in [1.29, 1.82) is 0 Å². The van der Waals surface area contributed by atoms with Gasteiger partial charge in [-0.15, -0.1) is 0 Å². The first-order valence-electron chi connectivity index (χ1n) is 7.46. The minimum absolute atomic E-state index is 0.393. The fourth-order valence-electron chi connectivity index (χ4n) is 3.01. The number of aromatic nitrogens is 2. The van der Waals surface area contributed by atoms with Crippen LogP contribution in [-0.2, 0) is 5.60 Å². The van der Waals surface area contributed by atoms with Crippen LogP contribution in [0.1, 0.15) is 18.4 Å². The van der Waals surface area contributed by atoms with Gasteiger partial charge in [-0.25, -0.2) is 9.97 Å². The molecule has 1 fully saturated rings. The highest BCUT2D eigenvalue weighted by Crippen LogP contribution is 2.39. The number of hydrogen-bond donors (Lipinski definition) is 2.